The summed E-state index contributed by atoms with van der Waals surface area (Å²) in [5.41, 5.74) is 1.35. The van der Waals surface area contributed by atoms with Gasteiger partial charge in [-0.15, -0.1) is 0 Å². The highest BCUT2D eigenvalue weighted by atomic mass is 16.5. The molecule has 1 spiro atoms. The molecule has 3 heteroatoms. The number of rotatable bonds is 2. The van der Waals surface area contributed by atoms with Gasteiger partial charge in [0.15, 0.2) is 0 Å². The van der Waals surface area contributed by atoms with Crippen molar-refractivity contribution in [1.29, 1.82) is 0 Å². The molecule has 2 aliphatic heterocycles. The molecule has 0 bridgehead atoms. The van der Waals surface area contributed by atoms with Crippen molar-refractivity contribution in [2.75, 3.05) is 20.1 Å². The number of piperidine rings is 1. The van der Waals surface area contributed by atoms with E-state index in [0.29, 0.717) is 12.1 Å². The maximum absolute atomic E-state index is 6.45. The lowest BCUT2D eigenvalue weighted by Gasteiger charge is -2.47. The van der Waals surface area contributed by atoms with Crippen LogP contribution in [0.1, 0.15) is 44.7 Å². The second-order valence-electron chi connectivity index (χ2n) is 6.50. The summed E-state index contributed by atoms with van der Waals surface area (Å²) in [4.78, 5) is 2.56. The summed E-state index contributed by atoms with van der Waals surface area (Å²) < 4.78 is 6.45. The molecule has 1 atom stereocenters. The fourth-order valence-corrected chi connectivity index (χ4v) is 3.63. The van der Waals surface area contributed by atoms with Crippen molar-refractivity contribution in [3.8, 4) is 5.75 Å². The first kappa shape index (κ1) is 13.9. The Labute approximate surface area is 122 Å². The lowest BCUT2D eigenvalue weighted by atomic mass is 9.80. The first-order chi connectivity index (χ1) is 9.63. The highest BCUT2D eigenvalue weighted by Crippen LogP contribution is 2.44. The highest BCUT2D eigenvalue weighted by Gasteiger charge is 2.42. The van der Waals surface area contributed by atoms with Gasteiger partial charge in [0.1, 0.15) is 11.4 Å². The minimum atomic E-state index is 0.0351. The standard InChI is InChI=1S/C17H26N2O/c1-13(2)19-10-8-17(9-11-19)12-15(18-3)14-6-4-5-7-16(14)20-17/h4-7,13,15,18H,8-12H2,1-3H3. The zero-order valence-electron chi connectivity index (χ0n) is 12.9. The van der Waals surface area contributed by atoms with E-state index in [-0.39, 0.29) is 5.60 Å². The van der Waals surface area contributed by atoms with E-state index in [1.54, 1.807) is 0 Å². The zero-order chi connectivity index (χ0) is 14.2. The topological polar surface area (TPSA) is 24.5 Å². The highest BCUT2D eigenvalue weighted by molar-refractivity contribution is 5.39. The van der Waals surface area contributed by atoms with Crippen LogP contribution in [0.5, 0.6) is 5.75 Å². The van der Waals surface area contributed by atoms with Crippen molar-refractivity contribution in [2.24, 2.45) is 0 Å². The van der Waals surface area contributed by atoms with E-state index in [4.69, 9.17) is 4.74 Å². The minimum absolute atomic E-state index is 0.0351. The number of ether oxygens (including phenoxy) is 1. The van der Waals surface area contributed by atoms with E-state index in [2.05, 4.69) is 55.4 Å². The molecule has 0 aromatic heterocycles. The van der Waals surface area contributed by atoms with Gasteiger partial charge in [0, 0.05) is 37.2 Å². The van der Waals surface area contributed by atoms with Crippen LogP contribution in [0.4, 0.5) is 0 Å². The monoisotopic (exact) mass is 274 g/mol. The van der Waals surface area contributed by atoms with E-state index in [9.17, 15) is 0 Å². The van der Waals surface area contributed by atoms with E-state index < -0.39 is 0 Å². The fraction of sp³-hybridized carbons (Fsp3) is 0.647. The smallest absolute Gasteiger partial charge is 0.124 e. The number of hydrogen-bond acceptors (Lipinski definition) is 3. The maximum Gasteiger partial charge on any atom is 0.124 e. The fourth-order valence-electron chi connectivity index (χ4n) is 3.63. The lowest BCUT2D eigenvalue weighted by molar-refractivity contribution is -0.0306. The summed E-state index contributed by atoms with van der Waals surface area (Å²) >= 11 is 0. The van der Waals surface area contributed by atoms with Crippen LogP contribution in [0.3, 0.4) is 0 Å². The van der Waals surface area contributed by atoms with Gasteiger partial charge in [-0.1, -0.05) is 18.2 Å². The molecule has 0 saturated carbocycles. The number of benzene rings is 1. The van der Waals surface area contributed by atoms with E-state index >= 15 is 0 Å². The maximum atomic E-state index is 6.45. The predicted molar refractivity (Wildman–Crippen MR) is 82.2 cm³/mol. The Morgan fingerprint density at radius 2 is 1.95 bits per heavy atom. The van der Waals surface area contributed by atoms with Crippen molar-refractivity contribution in [3.63, 3.8) is 0 Å². The molecule has 1 aromatic rings. The summed E-state index contributed by atoms with van der Waals surface area (Å²) in [6, 6.07) is 9.55. The molecule has 1 fully saturated rings. The first-order valence-electron chi connectivity index (χ1n) is 7.83. The van der Waals surface area contributed by atoms with Crippen molar-refractivity contribution in [1.82, 2.24) is 10.2 Å². The third kappa shape index (κ3) is 2.45. The molecule has 1 unspecified atom stereocenters. The van der Waals surface area contributed by atoms with Gasteiger partial charge in [-0.05, 0) is 39.8 Å². The summed E-state index contributed by atoms with van der Waals surface area (Å²) in [6.07, 6.45) is 3.36. The van der Waals surface area contributed by atoms with Crippen LogP contribution >= 0.6 is 0 Å². The van der Waals surface area contributed by atoms with Crippen molar-refractivity contribution in [3.05, 3.63) is 29.8 Å². The Morgan fingerprint density at radius 1 is 1.25 bits per heavy atom. The molecular weight excluding hydrogens is 248 g/mol. The van der Waals surface area contributed by atoms with Crippen molar-refractivity contribution < 1.29 is 4.74 Å². The van der Waals surface area contributed by atoms with Crippen LogP contribution in [0.25, 0.3) is 0 Å². The molecule has 2 heterocycles. The third-order valence-corrected chi connectivity index (χ3v) is 4.99. The summed E-state index contributed by atoms with van der Waals surface area (Å²) in [5.74, 6) is 1.08. The molecule has 20 heavy (non-hydrogen) atoms. The Hall–Kier alpha value is -1.06. The molecule has 1 saturated heterocycles. The molecule has 2 aliphatic rings. The van der Waals surface area contributed by atoms with Gasteiger partial charge in [0.25, 0.3) is 0 Å². The van der Waals surface area contributed by atoms with Gasteiger partial charge in [0.05, 0.1) is 0 Å². The minimum Gasteiger partial charge on any atom is -0.487 e. The SMILES string of the molecule is CNC1CC2(CCN(C(C)C)CC2)Oc2ccccc21. The van der Waals surface area contributed by atoms with E-state index in [1.165, 1.54) is 5.56 Å². The molecule has 0 aliphatic carbocycles. The normalized spacial score (nSPS) is 25.5. The molecule has 3 rings (SSSR count). The Balaban J connectivity index is 1.80. The molecule has 110 valence electrons. The second kappa shape index (κ2) is 5.38. The number of nitrogens with one attached hydrogen (secondary N) is 1. The van der Waals surface area contributed by atoms with Crippen LogP contribution in [-0.4, -0.2) is 36.7 Å². The predicted octanol–water partition coefficient (Wildman–Crippen LogP) is 2.97. The van der Waals surface area contributed by atoms with Crippen LogP contribution in [0, 0.1) is 0 Å². The number of para-hydroxylation sites is 1. The number of nitrogens with zero attached hydrogens (tertiary/aromatic N) is 1. The van der Waals surface area contributed by atoms with Crippen molar-refractivity contribution >= 4 is 0 Å². The van der Waals surface area contributed by atoms with Crippen LogP contribution in [0.15, 0.2) is 24.3 Å². The molecule has 1 aromatic carbocycles. The van der Waals surface area contributed by atoms with Gasteiger partial charge in [-0.3, -0.25) is 0 Å². The average molecular weight is 274 g/mol. The Kier molecular flexibility index (Phi) is 3.74. The molecule has 0 amide bonds. The van der Waals surface area contributed by atoms with Crippen LogP contribution in [-0.2, 0) is 0 Å². The molecule has 0 radical (unpaired) electrons. The number of fused-ring (bicyclic) bond motifs is 1. The third-order valence-electron chi connectivity index (χ3n) is 4.99. The quantitative estimate of drug-likeness (QED) is 0.897. The zero-order valence-corrected chi connectivity index (χ0v) is 12.9. The number of likely N-dealkylation sites (tertiary alicyclic amines) is 1. The first-order valence-corrected chi connectivity index (χ1v) is 7.83. The largest absolute Gasteiger partial charge is 0.487 e. The molecule has 1 N–H and O–H groups in total. The average Bonchev–Trinajstić information content (AvgIpc) is 2.47. The van der Waals surface area contributed by atoms with Gasteiger partial charge in [0.2, 0.25) is 0 Å². The summed E-state index contributed by atoms with van der Waals surface area (Å²) in [6.45, 7) is 6.86. The van der Waals surface area contributed by atoms with E-state index in [0.717, 1.165) is 38.1 Å². The second-order valence-corrected chi connectivity index (χ2v) is 6.50. The van der Waals surface area contributed by atoms with Gasteiger partial charge in [-0.25, -0.2) is 0 Å². The number of hydrogen-bond donors (Lipinski definition) is 1. The van der Waals surface area contributed by atoms with Crippen molar-refractivity contribution in [2.45, 2.75) is 50.8 Å². The van der Waals surface area contributed by atoms with Crippen LogP contribution < -0.4 is 10.1 Å². The van der Waals surface area contributed by atoms with Gasteiger partial charge in [-0.2, -0.15) is 0 Å². The summed E-state index contributed by atoms with van der Waals surface area (Å²) in [7, 11) is 2.06. The van der Waals surface area contributed by atoms with Gasteiger partial charge < -0.3 is 15.0 Å². The Morgan fingerprint density at radius 3 is 2.60 bits per heavy atom. The Bertz CT molecular complexity index is 464. The van der Waals surface area contributed by atoms with Gasteiger partial charge >= 0.3 is 0 Å². The molecular formula is C17H26N2O. The lowest BCUT2D eigenvalue weighted by Crippen LogP contribution is -2.52. The van der Waals surface area contributed by atoms with E-state index in [1.807, 2.05) is 0 Å². The van der Waals surface area contributed by atoms with Crippen LogP contribution in [0.2, 0.25) is 0 Å². The summed E-state index contributed by atoms with van der Waals surface area (Å²) in [5, 5.41) is 3.47. The molecule has 3 nitrogen and oxygen atoms in total.